The second-order valence-electron chi connectivity index (χ2n) is 9.75. The molecule has 1 N–H and O–H groups in total. The van der Waals surface area contributed by atoms with E-state index in [2.05, 4.69) is 5.32 Å². The smallest absolute Gasteiger partial charge is 0.410 e. The first kappa shape index (κ1) is 26.5. The Bertz CT molecular complexity index is 783. The lowest BCUT2D eigenvalue weighted by Gasteiger charge is -2.39. The molecule has 8 nitrogen and oxygen atoms in total. The maximum absolute atomic E-state index is 13.1. The van der Waals surface area contributed by atoms with Gasteiger partial charge in [0.25, 0.3) is 0 Å². The van der Waals surface area contributed by atoms with Crippen molar-refractivity contribution in [2.45, 2.75) is 78.7 Å². The quantitative estimate of drug-likeness (QED) is 0.658. The normalized spacial score (nSPS) is 15.7. The fraction of sp³-hybridized carbons (Fsp3) is 0.640. The van der Waals surface area contributed by atoms with Crippen molar-refractivity contribution >= 4 is 18.1 Å². The molecule has 184 valence electrons. The second kappa shape index (κ2) is 11.9. The number of ether oxygens (including phenoxy) is 2. The fourth-order valence-electron chi connectivity index (χ4n) is 3.88. The van der Waals surface area contributed by atoms with Crippen LogP contribution in [-0.2, 0) is 20.9 Å². The number of benzene rings is 1. The molecule has 0 aromatic heterocycles. The molecule has 1 fully saturated rings. The largest absolute Gasteiger partial charge is 0.445 e. The molecule has 0 aliphatic carbocycles. The minimum absolute atomic E-state index is 0.0126. The van der Waals surface area contributed by atoms with Crippen molar-refractivity contribution in [1.29, 1.82) is 0 Å². The molecule has 1 saturated heterocycles. The lowest BCUT2D eigenvalue weighted by molar-refractivity contribution is -0.136. The number of carbonyl (C=O) groups is 3. The summed E-state index contributed by atoms with van der Waals surface area (Å²) >= 11 is 0. The van der Waals surface area contributed by atoms with E-state index in [1.165, 1.54) is 0 Å². The Morgan fingerprint density at radius 1 is 1.12 bits per heavy atom. The molecule has 1 aromatic carbocycles. The minimum atomic E-state index is -0.658. The van der Waals surface area contributed by atoms with Crippen LogP contribution in [0.4, 0.5) is 9.59 Å². The zero-order valence-electron chi connectivity index (χ0n) is 20.8. The summed E-state index contributed by atoms with van der Waals surface area (Å²) in [5.41, 5.74) is 0.311. The first-order chi connectivity index (χ1) is 15.5. The first-order valence-corrected chi connectivity index (χ1v) is 11.8. The molecule has 33 heavy (non-hydrogen) atoms. The fourth-order valence-corrected chi connectivity index (χ4v) is 3.88. The molecule has 0 radical (unpaired) electrons. The number of alkyl carbamates (subject to hydrolysis) is 1. The summed E-state index contributed by atoms with van der Waals surface area (Å²) in [5, 5.41) is 2.73. The maximum Gasteiger partial charge on any atom is 0.410 e. The van der Waals surface area contributed by atoms with E-state index in [4.69, 9.17) is 9.47 Å². The van der Waals surface area contributed by atoms with E-state index in [1.807, 2.05) is 51.1 Å². The number of nitrogens with zero attached hydrogens (tertiary/aromatic N) is 2. The Morgan fingerprint density at radius 2 is 1.73 bits per heavy atom. The van der Waals surface area contributed by atoms with E-state index < -0.39 is 17.7 Å². The third-order valence-corrected chi connectivity index (χ3v) is 5.60. The van der Waals surface area contributed by atoms with Gasteiger partial charge in [-0.2, -0.15) is 0 Å². The Balaban J connectivity index is 1.90. The molecule has 0 spiro atoms. The van der Waals surface area contributed by atoms with Crippen LogP contribution in [0.3, 0.4) is 0 Å². The summed E-state index contributed by atoms with van der Waals surface area (Å²) in [5.74, 6) is -0.202. The van der Waals surface area contributed by atoms with Crippen LogP contribution in [0.2, 0.25) is 0 Å². The van der Waals surface area contributed by atoms with Gasteiger partial charge in [-0.1, -0.05) is 44.2 Å². The summed E-state index contributed by atoms with van der Waals surface area (Å²) in [6, 6.07) is 8.94. The topological polar surface area (TPSA) is 88.2 Å². The van der Waals surface area contributed by atoms with Crippen molar-refractivity contribution in [3.8, 4) is 0 Å². The van der Waals surface area contributed by atoms with Gasteiger partial charge in [0.2, 0.25) is 5.91 Å². The number of likely N-dealkylation sites (tertiary alicyclic amines) is 1. The van der Waals surface area contributed by atoms with Crippen LogP contribution in [0, 0.1) is 5.92 Å². The Hall–Kier alpha value is -2.77. The summed E-state index contributed by atoms with van der Waals surface area (Å²) < 4.78 is 10.8. The van der Waals surface area contributed by atoms with Gasteiger partial charge in [0, 0.05) is 25.7 Å². The van der Waals surface area contributed by atoms with E-state index in [0.717, 1.165) is 5.56 Å². The van der Waals surface area contributed by atoms with Gasteiger partial charge >= 0.3 is 12.2 Å². The molecular weight excluding hydrogens is 422 g/mol. The van der Waals surface area contributed by atoms with Gasteiger partial charge in [-0.05, 0) is 52.0 Å². The first-order valence-electron chi connectivity index (χ1n) is 11.8. The molecule has 0 saturated carbocycles. The molecule has 3 amide bonds. The molecule has 1 aromatic rings. The number of rotatable bonds is 7. The lowest BCUT2D eigenvalue weighted by atomic mass is 9.99. The van der Waals surface area contributed by atoms with Crippen molar-refractivity contribution in [3.05, 3.63) is 35.9 Å². The molecule has 1 aliphatic heterocycles. The van der Waals surface area contributed by atoms with Gasteiger partial charge in [-0.25, -0.2) is 9.59 Å². The minimum Gasteiger partial charge on any atom is -0.445 e. The molecule has 1 heterocycles. The number of hydrogen-bond donors (Lipinski definition) is 1. The third-order valence-electron chi connectivity index (χ3n) is 5.60. The Morgan fingerprint density at radius 3 is 2.24 bits per heavy atom. The summed E-state index contributed by atoms with van der Waals surface area (Å²) in [4.78, 5) is 41.5. The highest BCUT2D eigenvalue weighted by atomic mass is 16.6. The predicted molar refractivity (Wildman–Crippen MR) is 127 cm³/mol. The van der Waals surface area contributed by atoms with E-state index >= 15 is 0 Å². The van der Waals surface area contributed by atoms with Crippen LogP contribution < -0.4 is 5.32 Å². The van der Waals surface area contributed by atoms with E-state index in [0.29, 0.717) is 32.5 Å². The van der Waals surface area contributed by atoms with Crippen LogP contribution in [0.5, 0.6) is 0 Å². The second-order valence-corrected chi connectivity index (χ2v) is 9.75. The lowest BCUT2D eigenvalue weighted by Crippen LogP contribution is -2.55. The average Bonchev–Trinajstić information content (AvgIpc) is 2.76. The zero-order chi connectivity index (χ0) is 24.6. The number of amides is 3. The number of nitrogens with one attached hydrogen (secondary N) is 1. The van der Waals surface area contributed by atoms with Gasteiger partial charge in [0.05, 0.1) is 0 Å². The molecule has 2 rings (SSSR count). The predicted octanol–water partition coefficient (Wildman–Crippen LogP) is 4.19. The molecule has 1 aliphatic rings. The number of piperidine rings is 1. The van der Waals surface area contributed by atoms with Gasteiger partial charge in [0.1, 0.15) is 18.2 Å². The molecule has 0 unspecified atom stereocenters. The van der Waals surface area contributed by atoms with E-state index in [-0.39, 0.29) is 30.6 Å². The Labute approximate surface area is 197 Å². The summed E-state index contributed by atoms with van der Waals surface area (Å²) in [6.45, 7) is 12.9. The molecular formula is C25H39N3O5. The van der Waals surface area contributed by atoms with Crippen LogP contribution in [0.1, 0.15) is 59.9 Å². The van der Waals surface area contributed by atoms with Gasteiger partial charge < -0.3 is 24.6 Å². The highest BCUT2D eigenvalue weighted by Gasteiger charge is 2.34. The highest BCUT2D eigenvalue weighted by molar-refractivity contribution is 5.86. The third kappa shape index (κ3) is 8.26. The van der Waals surface area contributed by atoms with Gasteiger partial charge in [-0.3, -0.25) is 4.79 Å². The monoisotopic (exact) mass is 461 g/mol. The highest BCUT2D eigenvalue weighted by Crippen LogP contribution is 2.20. The van der Waals surface area contributed by atoms with Crippen molar-refractivity contribution in [2.75, 3.05) is 19.6 Å². The summed E-state index contributed by atoms with van der Waals surface area (Å²) in [6.07, 6.45) is 0.398. The molecule has 1 atom stereocenters. The summed E-state index contributed by atoms with van der Waals surface area (Å²) in [7, 11) is 0. The van der Waals surface area contributed by atoms with E-state index in [9.17, 15) is 14.4 Å². The van der Waals surface area contributed by atoms with Crippen molar-refractivity contribution < 1.29 is 23.9 Å². The van der Waals surface area contributed by atoms with Gasteiger partial charge in [0.15, 0.2) is 0 Å². The molecule has 0 bridgehead atoms. The Kier molecular flexibility index (Phi) is 9.56. The zero-order valence-corrected chi connectivity index (χ0v) is 20.8. The van der Waals surface area contributed by atoms with Crippen molar-refractivity contribution in [3.63, 3.8) is 0 Å². The SMILES string of the molecule is CCN(C(=O)OCc1ccccc1)C1CCN(C(=O)[C@@H](NC(=O)OC(C)(C)C)C(C)C)CC1. The average molecular weight is 462 g/mol. The maximum atomic E-state index is 13.1. The standard InChI is InChI=1S/C25H39N3O5/c1-7-28(24(31)32-17-19-11-9-8-10-12-19)20-13-15-27(16-14-20)22(29)21(18(2)3)26-23(30)33-25(4,5)6/h8-12,18,20-21H,7,13-17H2,1-6H3,(H,26,30)/t21-/m0/s1. The van der Waals surface area contributed by atoms with Crippen LogP contribution >= 0.6 is 0 Å². The van der Waals surface area contributed by atoms with Crippen molar-refractivity contribution in [2.24, 2.45) is 5.92 Å². The number of hydrogen-bond acceptors (Lipinski definition) is 5. The van der Waals surface area contributed by atoms with Gasteiger partial charge in [-0.15, -0.1) is 0 Å². The number of carbonyl (C=O) groups excluding carboxylic acids is 3. The van der Waals surface area contributed by atoms with Crippen LogP contribution in [0.25, 0.3) is 0 Å². The molecule has 8 heteroatoms. The van der Waals surface area contributed by atoms with Crippen LogP contribution in [0.15, 0.2) is 30.3 Å². The van der Waals surface area contributed by atoms with E-state index in [1.54, 1.807) is 30.6 Å². The van der Waals surface area contributed by atoms with Crippen LogP contribution in [-0.4, -0.2) is 65.2 Å². The van der Waals surface area contributed by atoms with Crippen molar-refractivity contribution in [1.82, 2.24) is 15.1 Å².